The van der Waals surface area contributed by atoms with Gasteiger partial charge in [0.15, 0.2) is 5.11 Å². The van der Waals surface area contributed by atoms with Crippen LogP contribution < -0.4 is 10.6 Å². The molecule has 0 spiro atoms. The van der Waals surface area contributed by atoms with Crippen molar-refractivity contribution in [2.24, 2.45) is 5.92 Å². The number of hydrogen-bond donors (Lipinski definition) is 2. The van der Waals surface area contributed by atoms with Crippen LogP contribution in [-0.4, -0.2) is 11.0 Å². The largest absolute Gasteiger partial charge is 0.323 e. The molecule has 1 aliphatic rings. The summed E-state index contributed by atoms with van der Waals surface area (Å²) < 4.78 is 0. The molecule has 0 aliphatic heterocycles. The topological polar surface area (TPSA) is 64.9 Å². The van der Waals surface area contributed by atoms with E-state index in [4.69, 9.17) is 35.4 Å². The number of hydrogen-bond acceptors (Lipinski definition) is 4. The predicted molar refractivity (Wildman–Crippen MR) is 120 cm³/mol. The van der Waals surface area contributed by atoms with Crippen molar-refractivity contribution in [3.8, 4) is 6.07 Å². The van der Waals surface area contributed by atoms with E-state index in [9.17, 15) is 10.1 Å². The number of anilines is 1. The van der Waals surface area contributed by atoms with Crippen molar-refractivity contribution < 1.29 is 4.79 Å². The molecule has 1 amide bonds. The molecule has 0 radical (unpaired) electrons. The number of nitrogens with zero attached hydrogens (tertiary/aromatic N) is 1. The number of fused-ring (bicyclic) bond motifs is 1. The van der Waals surface area contributed by atoms with E-state index in [1.54, 1.807) is 24.3 Å². The van der Waals surface area contributed by atoms with Gasteiger partial charge in [0.2, 0.25) is 5.91 Å². The van der Waals surface area contributed by atoms with Gasteiger partial charge >= 0.3 is 0 Å². The Labute approximate surface area is 183 Å². The van der Waals surface area contributed by atoms with E-state index in [-0.39, 0.29) is 5.11 Å². The van der Waals surface area contributed by atoms with Gasteiger partial charge in [-0.05, 0) is 66.7 Å². The zero-order chi connectivity index (χ0) is 20.3. The first-order valence-electron chi connectivity index (χ1n) is 8.67. The second kappa shape index (κ2) is 9.06. The van der Waals surface area contributed by atoms with E-state index < -0.39 is 5.91 Å². The van der Waals surface area contributed by atoms with Gasteiger partial charge < -0.3 is 5.32 Å². The van der Waals surface area contributed by atoms with E-state index in [0.29, 0.717) is 32.1 Å². The fraction of sp³-hybridized carbons (Fsp3) is 0.250. The second-order valence-electron chi connectivity index (χ2n) is 6.61. The van der Waals surface area contributed by atoms with Crippen LogP contribution >= 0.6 is 46.8 Å². The van der Waals surface area contributed by atoms with Gasteiger partial charge in [0.25, 0.3) is 0 Å². The van der Waals surface area contributed by atoms with Gasteiger partial charge in [0.1, 0.15) is 11.1 Å². The third-order valence-corrected chi connectivity index (χ3v) is 6.40. The number of nitriles is 1. The lowest BCUT2D eigenvalue weighted by atomic mass is 9.89. The molecule has 144 valence electrons. The molecule has 2 aromatic rings. The monoisotopic (exact) mass is 449 g/mol. The van der Waals surface area contributed by atoms with Crippen LogP contribution in [0.3, 0.4) is 0 Å². The van der Waals surface area contributed by atoms with Crippen LogP contribution in [0.1, 0.15) is 34.9 Å². The molecule has 0 bridgehead atoms. The molecule has 1 atom stereocenters. The number of thiocarbonyl (C=S) groups is 1. The number of halogens is 2. The Balaban J connectivity index is 1.65. The Morgan fingerprint density at radius 2 is 2.21 bits per heavy atom. The Morgan fingerprint density at radius 1 is 1.43 bits per heavy atom. The smallest absolute Gasteiger partial charge is 0.250 e. The van der Waals surface area contributed by atoms with Crippen molar-refractivity contribution in [1.29, 1.82) is 5.26 Å². The number of benzene rings is 1. The standard InChI is InChI=1S/C20H17Cl2N3OS2/c1-11-2-6-14-15(10-23)19(28-17(14)8-11)25-20(27)24-18(26)7-4-12-3-5-13(21)9-16(12)22/h3-5,7,9,11H,2,6,8H2,1H3,(H2,24,25,26,27)/b7-4+. The highest BCUT2D eigenvalue weighted by molar-refractivity contribution is 7.80. The van der Waals surface area contributed by atoms with E-state index in [2.05, 4.69) is 23.6 Å². The number of carbonyl (C=O) groups excluding carboxylic acids is 1. The first-order valence-corrected chi connectivity index (χ1v) is 10.6. The zero-order valence-corrected chi connectivity index (χ0v) is 18.2. The van der Waals surface area contributed by atoms with Gasteiger partial charge in [-0.3, -0.25) is 10.1 Å². The number of carbonyl (C=O) groups is 1. The SMILES string of the molecule is CC1CCc2c(sc(NC(=S)NC(=O)/C=C/c3ccc(Cl)cc3Cl)c2C#N)C1. The molecule has 0 fully saturated rings. The van der Waals surface area contributed by atoms with Crippen LogP contribution in [0.2, 0.25) is 10.0 Å². The Morgan fingerprint density at radius 3 is 2.93 bits per heavy atom. The number of thiophene rings is 1. The maximum atomic E-state index is 12.1. The minimum Gasteiger partial charge on any atom is -0.323 e. The molecule has 0 saturated carbocycles. The minimum atomic E-state index is -0.392. The molecule has 2 N–H and O–H groups in total. The van der Waals surface area contributed by atoms with Crippen LogP contribution in [0.25, 0.3) is 6.08 Å². The van der Waals surface area contributed by atoms with Crippen molar-refractivity contribution >= 4 is 68.9 Å². The molecule has 4 nitrogen and oxygen atoms in total. The third kappa shape index (κ3) is 4.92. The van der Waals surface area contributed by atoms with Gasteiger partial charge in [-0.1, -0.05) is 36.2 Å². The molecule has 3 rings (SSSR count). The summed E-state index contributed by atoms with van der Waals surface area (Å²) in [5, 5.41) is 16.9. The molecule has 1 aliphatic carbocycles. The highest BCUT2D eigenvalue weighted by atomic mass is 35.5. The van der Waals surface area contributed by atoms with Gasteiger partial charge in [0.05, 0.1) is 5.56 Å². The quantitative estimate of drug-likeness (QED) is 0.474. The van der Waals surface area contributed by atoms with E-state index in [0.717, 1.165) is 24.8 Å². The number of amides is 1. The van der Waals surface area contributed by atoms with Crippen molar-refractivity contribution in [3.05, 3.63) is 55.9 Å². The number of rotatable bonds is 3. The molecule has 8 heteroatoms. The van der Waals surface area contributed by atoms with Gasteiger partial charge in [-0.2, -0.15) is 5.26 Å². The number of nitrogens with one attached hydrogen (secondary N) is 2. The molecule has 0 saturated heterocycles. The fourth-order valence-corrected chi connectivity index (χ4v) is 5.15. The minimum absolute atomic E-state index is 0.153. The summed E-state index contributed by atoms with van der Waals surface area (Å²) in [4.78, 5) is 13.4. The molecular formula is C20H17Cl2N3OS2. The van der Waals surface area contributed by atoms with E-state index >= 15 is 0 Å². The molecular weight excluding hydrogens is 433 g/mol. The van der Waals surface area contributed by atoms with Crippen LogP contribution in [0.4, 0.5) is 5.00 Å². The van der Waals surface area contributed by atoms with Gasteiger partial charge in [-0.25, -0.2) is 0 Å². The Bertz CT molecular complexity index is 1010. The maximum Gasteiger partial charge on any atom is 0.250 e. The molecule has 1 heterocycles. The van der Waals surface area contributed by atoms with Gasteiger partial charge in [0, 0.05) is 21.0 Å². The van der Waals surface area contributed by atoms with E-state index in [1.807, 2.05) is 0 Å². The first-order chi connectivity index (χ1) is 13.4. The average molecular weight is 450 g/mol. The lowest BCUT2D eigenvalue weighted by Gasteiger charge is -2.17. The fourth-order valence-electron chi connectivity index (χ4n) is 3.05. The maximum absolute atomic E-state index is 12.1. The molecule has 1 aromatic heterocycles. The Kier molecular flexibility index (Phi) is 6.73. The summed E-state index contributed by atoms with van der Waals surface area (Å²) in [7, 11) is 0. The second-order valence-corrected chi connectivity index (χ2v) is 8.97. The lowest BCUT2D eigenvalue weighted by molar-refractivity contribution is -0.115. The summed E-state index contributed by atoms with van der Waals surface area (Å²) in [6.07, 6.45) is 5.89. The molecule has 1 unspecified atom stereocenters. The molecule has 28 heavy (non-hydrogen) atoms. The van der Waals surface area contributed by atoms with Crippen LogP contribution in [0, 0.1) is 17.2 Å². The van der Waals surface area contributed by atoms with Crippen molar-refractivity contribution in [2.45, 2.75) is 26.2 Å². The zero-order valence-electron chi connectivity index (χ0n) is 15.0. The van der Waals surface area contributed by atoms with Crippen LogP contribution in [0.15, 0.2) is 24.3 Å². The van der Waals surface area contributed by atoms with Crippen molar-refractivity contribution in [3.63, 3.8) is 0 Å². The van der Waals surface area contributed by atoms with Crippen LogP contribution in [0.5, 0.6) is 0 Å². The summed E-state index contributed by atoms with van der Waals surface area (Å²) in [6, 6.07) is 7.30. The highest BCUT2D eigenvalue weighted by Gasteiger charge is 2.24. The predicted octanol–water partition coefficient (Wildman–Crippen LogP) is 5.58. The summed E-state index contributed by atoms with van der Waals surface area (Å²) in [5.74, 6) is 0.221. The Hall–Kier alpha value is -1.91. The average Bonchev–Trinajstić information content (AvgIpc) is 2.96. The van der Waals surface area contributed by atoms with Crippen molar-refractivity contribution in [1.82, 2.24) is 5.32 Å². The van der Waals surface area contributed by atoms with Crippen molar-refractivity contribution in [2.75, 3.05) is 5.32 Å². The van der Waals surface area contributed by atoms with Crippen LogP contribution in [-0.2, 0) is 17.6 Å². The molecule has 1 aromatic carbocycles. The highest BCUT2D eigenvalue weighted by Crippen LogP contribution is 2.39. The summed E-state index contributed by atoms with van der Waals surface area (Å²) in [5.41, 5.74) is 2.42. The first kappa shape index (κ1) is 20.8. The third-order valence-electron chi connectivity index (χ3n) is 4.46. The van der Waals surface area contributed by atoms with Gasteiger partial charge in [-0.15, -0.1) is 11.3 Å². The normalized spacial score (nSPS) is 15.7. The summed E-state index contributed by atoms with van der Waals surface area (Å²) in [6.45, 7) is 2.21. The van der Waals surface area contributed by atoms with E-state index in [1.165, 1.54) is 22.3 Å². The summed E-state index contributed by atoms with van der Waals surface area (Å²) >= 11 is 18.7. The lowest BCUT2D eigenvalue weighted by Crippen LogP contribution is -2.32.